The molecule has 0 atom stereocenters. The van der Waals surface area contributed by atoms with Gasteiger partial charge in [0.1, 0.15) is 12.1 Å². The molecule has 1 heterocycles. The smallest absolute Gasteiger partial charge is 0.129 e. The lowest BCUT2D eigenvalue weighted by molar-refractivity contribution is 0.617. The van der Waals surface area contributed by atoms with E-state index < -0.39 is 0 Å². The van der Waals surface area contributed by atoms with Gasteiger partial charge in [-0.2, -0.15) is 0 Å². The van der Waals surface area contributed by atoms with Gasteiger partial charge in [-0.3, -0.25) is 0 Å². The highest BCUT2D eigenvalue weighted by Gasteiger charge is 2.12. The summed E-state index contributed by atoms with van der Waals surface area (Å²) >= 11 is 0. The summed E-state index contributed by atoms with van der Waals surface area (Å²) in [5.41, 5.74) is 1.12. The van der Waals surface area contributed by atoms with Gasteiger partial charge in [0.2, 0.25) is 0 Å². The second-order valence-electron chi connectivity index (χ2n) is 5.32. The molecule has 3 nitrogen and oxygen atoms in total. The van der Waals surface area contributed by atoms with Crippen molar-refractivity contribution in [1.29, 1.82) is 0 Å². The van der Waals surface area contributed by atoms with E-state index in [1.54, 1.807) is 6.33 Å². The second-order valence-corrected chi connectivity index (χ2v) is 5.32. The van der Waals surface area contributed by atoms with E-state index >= 15 is 0 Å². The second kappa shape index (κ2) is 5.99. The molecule has 1 aliphatic carbocycles. The predicted octanol–water partition coefficient (Wildman–Crippen LogP) is 3.73. The molecule has 1 aromatic rings. The van der Waals surface area contributed by atoms with E-state index in [1.807, 2.05) is 0 Å². The highest BCUT2D eigenvalue weighted by Crippen LogP contribution is 2.21. The van der Waals surface area contributed by atoms with Crippen molar-refractivity contribution in [2.24, 2.45) is 0 Å². The minimum Gasteiger partial charge on any atom is -0.367 e. The van der Waals surface area contributed by atoms with Crippen LogP contribution in [0.2, 0.25) is 0 Å². The summed E-state index contributed by atoms with van der Waals surface area (Å²) in [6, 6.07) is 2.70. The zero-order chi connectivity index (χ0) is 12.1. The van der Waals surface area contributed by atoms with Gasteiger partial charge in [-0.1, -0.05) is 39.5 Å². The molecule has 0 aliphatic heterocycles. The fraction of sp³-hybridized carbons (Fsp3) is 0.714. The van der Waals surface area contributed by atoms with E-state index in [9.17, 15) is 0 Å². The summed E-state index contributed by atoms with van der Waals surface area (Å²) in [4.78, 5) is 8.62. The van der Waals surface area contributed by atoms with Crippen molar-refractivity contribution in [3.05, 3.63) is 18.1 Å². The van der Waals surface area contributed by atoms with Crippen molar-refractivity contribution < 1.29 is 0 Å². The van der Waals surface area contributed by atoms with Crippen LogP contribution in [0.1, 0.15) is 64.0 Å². The van der Waals surface area contributed by atoms with Crippen LogP contribution in [-0.2, 0) is 0 Å². The molecule has 1 aliphatic rings. The molecule has 0 aromatic carbocycles. The molecule has 94 valence electrons. The fourth-order valence-electron chi connectivity index (χ4n) is 2.40. The van der Waals surface area contributed by atoms with Crippen molar-refractivity contribution in [3.63, 3.8) is 0 Å². The average Bonchev–Trinajstić information content (AvgIpc) is 2.58. The first-order valence-corrected chi connectivity index (χ1v) is 6.84. The van der Waals surface area contributed by atoms with Crippen LogP contribution >= 0.6 is 0 Å². The van der Waals surface area contributed by atoms with Crippen LogP contribution in [-0.4, -0.2) is 16.0 Å². The van der Waals surface area contributed by atoms with Crippen molar-refractivity contribution in [2.45, 2.75) is 64.3 Å². The monoisotopic (exact) mass is 233 g/mol. The third-order valence-corrected chi connectivity index (χ3v) is 3.49. The lowest BCUT2D eigenvalue weighted by Crippen LogP contribution is -2.19. The standard InChI is InChI=1S/C14H23N3/c1-11(2)13-9-14(16-10-15-13)17-12-7-5-3-4-6-8-12/h9-12H,3-8H2,1-2H3,(H,15,16,17). The number of nitrogens with zero attached hydrogens (tertiary/aromatic N) is 2. The maximum atomic E-state index is 4.32. The SMILES string of the molecule is CC(C)c1cc(NC2CCCCCC2)ncn1. The zero-order valence-corrected chi connectivity index (χ0v) is 10.9. The summed E-state index contributed by atoms with van der Waals surface area (Å²) < 4.78 is 0. The van der Waals surface area contributed by atoms with Crippen molar-refractivity contribution in [1.82, 2.24) is 9.97 Å². The van der Waals surface area contributed by atoms with Crippen LogP contribution in [0.4, 0.5) is 5.82 Å². The highest BCUT2D eigenvalue weighted by molar-refractivity contribution is 5.36. The number of rotatable bonds is 3. The van der Waals surface area contributed by atoms with E-state index in [0.717, 1.165) is 11.5 Å². The Balaban J connectivity index is 1.99. The highest BCUT2D eigenvalue weighted by atomic mass is 15.0. The first-order valence-electron chi connectivity index (χ1n) is 6.84. The zero-order valence-electron chi connectivity index (χ0n) is 10.9. The van der Waals surface area contributed by atoms with Gasteiger partial charge in [0.25, 0.3) is 0 Å². The molecule has 1 saturated carbocycles. The molecule has 0 unspecified atom stereocenters. The molecule has 0 bridgehead atoms. The molecule has 0 saturated heterocycles. The number of hydrogen-bond donors (Lipinski definition) is 1. The minimum absolute atomic E-state index is 0.465. The van der Waals surface area contributed by atoms with Crippen LogP contribution in [0.3, 0.4) is 0 Å². The van der Waals surface area contributed by atoms with Gasteiger partial charge in [-0.25, -0.2) is 9.97 Å². The molecule has 2 rings (SSSR count). The molecule has 0 radical (unpaired) electrons. The van der Waals surface area contributed by atoms with Crippen LogP contribution < -0.4 is 5.32 Å². The van der Waals surface area contributed by atoms with E-state index in [2.05, 4.69) is 35.2 Å². The van der Waals surface area contributed by atoms with Gasteiger partial charge < -0.3 is 5.32 Å². The molecule has 0 spiro atoms. The lowest BCUT2D eigenvalue weighted by atomic mass is 10.1. The van der Waals surface area contributed by atoms with Gasteiger partial charge in [-0.05, 0) is 18.8 Å². The third kappa shape index (κ3) is 3.69. The quantitative estimate of drug-likeness (QED) is 0.808. The van der Waals surface area contributed by atoms with Crippen LogP contribution in [0.5, 0.6) is 0 Å². The van der Waals surface area contributed by atoms with Gasteiger partial charge in [-0.15, -0.1) is 0 Å². The van der Waals surface area contributed by atoms with Crippen LogP contribution in [0.15, 0.2) is 12.4 Å². The van der Waals surface area contributed by atoms with Gasteiger partial charge in [0, 0.05) is 17.8 Å². The first kappa shape index (κ1) is 12.3. The average molecular weight is 233 g/mol. The van der Waals surface area contributed by atoms with E-state index in [4.69, 9.17) is 0 Å². The summed E-state index contributed by atoms with van der Waals surface area (Å²) in [5.74, 6) is 1.46. The Morgan fingerprint density at radius 3 is 2.47 bits per heavy atom. The number of anilines is 1. The number of aromatic nitrogens is 2. The number of hydrogen-bond acceptors (Lipinski definition) is 3. The Labute approximate surface area is 104 Å². The normalized spacial score (nSPS) is 18.1. The Morgan fingerprint density at radius 2 is 1.82 bits per heavy atom. The maximum absolute atomic E-state index is 4.32. The molecular weight excluding hydrogens is 210 g/mol. The molecule has 1 fully saturated rings. The van der Waals surface area contributed by atoms with E-state index in [-0.39, 0.29) is 0 Å². The summed E-state index contributed by atoms with van der Waals surface area (Å²) in [5, 5.41) is 3.57. The lowest BCUT2D eigenvalue weighted by Gasteiger charge is -2.17. The molecule has 1 N–H and O–H groups in total. The van der Waals surface area contributed by atoms with Gasteiger partial charge >= 0.3 is 0 Å². The van der Waals surface area contributed by atoms with E-state index in [1.165, 1.54) is 38.5 Å². The van der Waals surface area contributed by atoms with Gasteiger partial charge in [0.05, 0.1) is 0 Å². The summed E-state index contributed by atoms with van der Waals surface area (Å²) in [7, 11) is 0. The molecule has 1 aromatic heterocycles. The van der Waals surface area contributed by atoms with Crippen molar-refractivity contribution >= 4 is 5.82 Å². The Hall–Kier alpha value is -1.12. The number of nitrogens with one attached hydrogen (secondary N) is 1. The van der Waals surface area contributed by atoms with Crippen LogP contribution in [0.25, 0.3) is 0 Å². The molecule has 3 heteroatoms. The molecule has 17 heavy (non-hydrogen) atoms. The molecular formula is C14H23N3. The largest absolute Gasteiger partial charge is 0.367 e. The Kier molecular flexibility index (Phi) is 4.35. The van der Waals surface area contributed by atoms with Crippen molar-refractivity contribution in [3.8, 4) is 0 Å². The van der Waals surface area contributed by atoms with Gasteiger partial charge in [0.15, 0.2) is 0 Å². The first-order chi connectivity index (χ1) is 8.25. The van der Waals surface area contributed by atoms with Crippen LogP contribution in [0, 0.1) is 0 Å². The molecule has 0 amide bonds. The fourth-order valence-corrected chi connectivity index (χ4v) is 2.40. The van der Waals surface area contributed by atoms with Crippen molar-refractivity contribution in [2.75, 3.05) is 5.32 Å². The van der Waals surface area contributed by atoms with E-state index in [0.29, 0.717) is 12.0 Å². The minimum atomic E-state index is 0.465. The Morgan fingerprint density at radius 1 is 1.12 bits per heavy atom. The topological polar surface area (TPSA) is 37.8 Å². The summed E-state index contributed by atoms with van der Waals surface area (Å²) in [6.07, 6.45) is 9.70. The predicted molar refractivity (Wildman–Crippen MR) is 71.2 cm³/mol. The maximum Gasteiger partial charge on any atom is 0.129 e. The summed E-state index contributed by atoms with van der Waals surface area (Å²) in [6.45, 7) is 4.33. The Bertz CT molecular complexity index is 341. The third-order valence-electron chi connectivity index (χ3n) is 3.49.